The molecule has 3 aromatic heterocycles. The summed E-state index contributed by atoms with van der Waals surface area (Å²) in [5.41, 5.74) is -0.00421. The van der Waals surface area contributed by atoms with Gasteiger partial charge in [0.2, 0.25) is 26.0 Å². The van der Waals surface area contributed by atoms with Crippen LogP contribution in [0.2, 0.25) is 0 Å². The lowest BCUT2D eigenvalue weighted by atomic mass is 10.1. The van der Waals surface area contributed by atoms with Crippen molar-refractivity contribution < 1.29 is 25.6 Å². The molecule has 0 bridgehead atoms. The predicted molar refractivity (Wildman–Crippen MR) is 152 cm³/mol. The Morgan fingerprint density at radius 2 is 1.79 bits per heavy atom. The molecule has 1 aliphatic rings. The highest BCUT2D eigenvalue weighted by atomic mass is 32.2. The third-order valence-electron chi connectivity index (χ3n) is 6.97. The molecule has 1 aromatic carbocycles. The average Bonchev–Trinajstić information content (AvgIpc) is 2.94. The maximum Gasteiger partial charge on any atom is 0.269 e. The second kappa shape index (κ2) is 11.4. The maximum atomic E-state index is 13.8. The number of piperidine rings is 1. The Labute approximate surface area is 240 Å². The summed E-state index contributed by atoms with van der Waals surface area (Å²) in [5, 5.41) is 8.62. The standard InChI is InChI=1S/C26H27F2N7O5S2/c1-41(37,38)34-9-7-19(8-10-34)32-26-31-14-18-12-21(23(27)28)25(36)35(24(18)33-26)15-16-5-6-22(30-13-16)17-3-2-4-20(11-17)42(29,39)40/h2-6,11-14,19,23H,7-10,15H2,1H3,(H2,29,39,40)(H,31,32,33). The highest BCUT2D eigenvalue weighted by Gasteiger charge is 2.26. The molecule has 0 amide bonds. The van der Waals surface area contributed by atoms with Crippen molar-refractivity contribution in [2.75, 3.05) is 24.7 Å². The number of sulfonamides is 2. The smallest absolute Gasteiger partial charge is 0.269 e. The molecular formula is C26H27F2N7O5S2. The molecule has 222 valence electrons. The fourth-order valence-electron chi connectivity index (χ4n) is 4.77. The third-order valence-corrected chi connectivity index (χ3v) is 9.18. The Bertz CT molecular complexity index is 1910. The van der Waals surface area contributed by atoms with Gasteiger partial charge < -0.3 is 5.32 Å². The van der Waals surface area contributed by atoms with Gasteiger partial charge >= 0.3 is 0 Å². The van der Waals surface area contributed by atoms with E-state index in [1.165, 1.54) is 34.9 Å². The van der Waals surface area contributed by atoms with Gasteiger partial charge in [0.25, 0.3) is 12.0 Å². The number of primary sulfonamides is 1. The minimum Gasteiger partial charge on any atom is -0.351 e. The largest absolute Gasteiger partial charge is 0.351 e. The van der Waals surface area contributed by atoms with Crippen LogP contribution in [0.3, 0.4) is 0 Å². The second-order valence-electron chi connectivity index (χ2n) is 9.97. The van der Waals surface area contributed by atoms with Crippen LogP contribution in [0.25, 0.3) is 22.3 Å². The van der Waals surface area contributed by atoms with E-state index >= 15 is 0 Å². The summed E-state index contributed by atoms with van der Waals surface area (Å²) in [4.78, 5) is 26.1. The molecule has 1 saturated heterocycles. The summed E-state index contributed by atoms with van der Waals surface area (Å²) in [7, 11) is -7.20. The van der Waals surface area contributed by atoms with E-state index in [0.717, 1.165) is 16.9 Å². The summed E-state index contributed by atoms with van der Waals surface area (Å²) in [6.45, 7) is 0.549. The topological polar surface area (TPSA) is 170 Å². The third kappa shape index (κ3) is 6.46. The van der Waals surface area contributed by atoms with E-state index < -0.39 is 37.6 Å². The van der Waals surface area contributed by atoms with Crippen molar-refractivity contribution in [1.29, 1.82) is 0 Å². The second-order valence-corrected chi connectivity index (χ2v) is 13.5. The Hall–Kier alpha value is -3.86. The van der Waals surface area contributed by atoms with Gasteiger partial charge in [-0.1, -0.05) is 18.2 Å². The number of fused-ring (bicyclic) bond motifs is 1. The highest BCUT2D eigenvalue weighted by molar-refractivity contribution is 7.89. The molecule has 4 aromatic rings. The fourth-order valence-corrected chi connectivity index (χ4v) is 6.21. The fraction of sp³-hybridized carbons (Fsp3) is 0.308. The number of alkyl halides is 2. The van der Waals surface area contributed by atoms with Crippen molar-refractivity contribution in [2.24, 2.45) is 5.14 Å². The molecule has 12 nitrogen and oxygen atoms in total. The zero-order valence-electron chi connectivity index (χ0n) is 22.3. The van der Waals surface area contributed by atoms with E-state index in [9.17, 15) is 30.4 Å². The van der Waals surface area contributed by atoms with Crippen LogP contribution in [0, 0.1) is 0 Å². The van der Waals surface area contributed by atoms with Gasteiger partial charge in [-0.2, -0.15) is 4.98 Å². The van der Waals surface area contributed by atoms with Crippen LogP contribution in [-0.2, 0) is 26.6 Å². The van der Waals surface area contributed by atoms with Crippen molar-refractivity contribution in [2.45, 2.75) is 36.7 Å². The van der Waals surface area contributed by atoms with E-state index in [4.69, 9.17) is 5.14 Å². The number of aromatic nitrogens is 4. The lowest BCUT2D eigenvalue weighted by molar-refractivity contribution is 0.149. The first-order chi connectivity index (χ1) is 19.8. The van der Waals surface area contributed by atoms with Gasteiger partial charge in [0.15, 0.2) is 0 Å². The van der Waals surface area contributed by atoms with Gasteiger partial charge in [-0.25, -0.2) is 40.0 Å². The molecule has 3 N–H and O–H groups in total. The van der Waals surface area contributed by atoms with Gasteiger partial charge in [-0.15, -0.1) is 0 Å². The van der Waals surface area contributed by atoms with Crippen molar-refractivity contribution in [1.82, 2.24) is 23.8 Å². The Morgan fingerprint density at radius 1 is 1.05 bits per heavy atom. The number of benzene rings is 1. The molecule has 0 aliphatic carbocycles. The molecule has 0 atom stereocenters. The van der Waals surface area contributed by atoms with Gasteiger partial charge in [0.1, 0.15) is 5.65 Å². The summed E-state index contributed by atoms with van der Waals surface area (Å²) in [6, 6.07) is 10.2. The number of hydrogen-bond donors (Lipinski definition) is 2. The predicted octanol–water partition coefficient (Wildman–Crippen LogP) is 2.32. The van der Waals surface area contributed by atoms with Crippen LogP contribution in [0.15, 0.2) is 64.5 Å². The monoisotopic (exact) mass is 619 g/mol. The molecule has 1 fully saturated rings. The number of hydrogen-bond acceptors (Lipinski definition) is 9. The number of rotatable bonds is 8. The summed E-state index contributed by atoms with van der Waals surface area (Å²) < 4.78 is 77.0. The molecule has 5 rings (SSSR count). The molecule has 42 heavy (non-hydrogen) atoms. The first kappa shape index (κ1) is 29.6. The van der Waals surface area contributed by atoms with Crippen LogP contribution in [0.1, 0.15) is 30.4 Å². The van der Waals surface area contributed by atoms with Crippen LogP contribution in [-0.4, -0.2) is 66.0 Å². The van der Waals surface area contributed by atoms with Gasteiger partial charge in [0.05, 0.1) is 29.0 Å². The number of anilines is 1. The highest BCUT2D eigenvalue weighted by Crippen LogP contribution is 2.24. The minimum absolute atomic E-state index is 0.0715. The van der Waals surface area contributed by atoms with Gasteiger partial charge in [0, 0.05) is 42.5 Å². The molecule has 0 spiro atoms. The zero-order chi connectivity index (χ0) is 30.2. The SMILES string of the molecule is CS(=O)(=O)N1CCC(Nc2ncc3cc(C(F)F)c(=O)n(Cc4ccc(-c5cccc(S(N)(=O)=O)c5)nc4)c3n2)CC1. The zero-order valence-corrected chi connectivity index (χ0v) is 23.9. The van der Waals surface area contributed by atoms with Crippen LogP contribution >= 0.6 is 0 Å². The Kier molecular flexibility index (Phi) is 8.06. The van der Waals surface area contributed by atoms with Crippen molar-refractivity contribution in [3.05, 3.63) is 76.3 Å². The van der Waals surface area contributed by atoms with E-state index in [1.54, 1.807) is 18.2 Å². The molecule has 4 heterocycles. The molecule has 0 unspecified atom stereocenters. The lowest BCUT2D eigenvalue weighted by Crippen LogP contribution is -2.42. The first-order valence-corrected chi connectivity index (χ1v) is 16.2. The Balaban J connectivity index is 1.44. The van der Waals surface area contributed by atoms with Gasteiger partial charge in [-0.05, 0) is 42.7 Å². The molecule has 0 saturated carbocycles. The summed E-state index contributed by atoms with van der Waals surface area (Å²) in [5.74, 6) is 0.182. The van der Waals surface area contributed by atoms with Crippen molar-refractivity contribution in [3.8, 4) is 11.3 Å². The maximum absolute atomic E-state index is 13.8. The van der Waals surface area contributed by atoms with Crippen molar-refractivity contribution >= 4 is 37.0 Å². The molecule has 16 heteroatoms. The molecule has 0 radical (unpaired) electrons. The number of halogens is 2. The summed E-state index contributed by atoms with van der Waals surface area (Å²) in [6.07, 6.45) is 2.00. The first-order valence-electron chi connectivity index (χ1n) is 12.8. The normalized spacial score (nSPS) is 15.4. The van der Waals surface area contributed by atoms with Crippen LogP contribution in [0.5, 0.6) is 0 Å². The van der Waals surface area contributed by atoms with Crippen LogP contribution in [0.4, 0.5) is 14.7 Å². The van der Waals surface area contributed by atoms with Crippen molar-refractivity contribution in [3.63, 3.8) is 0 Å². The number of nitrogens with two attached hydrogens (primary N) is 1. The number of pyridine rings is 2. The number of nitrogens with zero attached hydrogens (tertiary/aromatic N) is 5. The number of nitrogens with one attached hydrogen (secondary N) is 1. The lowest BCUT2D eigenvalue weighted by Gasteiger charge is -2.30. The van der Waals surface area contributed by atoms with E-state index in [-0.39, 0.29) is 34.5 Å². The average molecular weight is 620 g/mol. The van der Waals surface area contributed by atoms with E-state index in [2.05, 4.69) is 20.3 Å². The molecule has 1 aliphatic heterocycles. The van der Waals surface area contributed by atoms with Gasteiger partial charge in [-0.3, -0.25) is 14.3 Å². The van der Waals surface area contributed by atoms with E-state index in [1.807, 2.05) is 0 Å². The quantitative estimate of drug-likeness (QED) is 0.300. The van der Waals surface area contributed by atoms with E-state index in [0.29, 0.717) is 42.8 Å². The minimum atomic E-state index is -3.91. The van der Waals surface area contributed by atoms with Crippen LogP contribution < -0.4 is 16.0 Å². The summed E-state index contributed by atoms with van der Waals surface area (Å²) >= 11 is 0. The molecular weight excluding hydrogens is 592 g/mol. The Morgan fingerprint density at radius 3 is 2.40 bits per heavy atom.